The number of hydrogen-bond donors (Lipinski definition) is 1. The molecule has 1 saturated heterocycles. The summed E-state index contributed by atoms with van der Waals surface area (Å²) in [5.41, 5.74) is 1.02. The molecule has 0 aliphatic carbocycles. The zero-order valence-electron chi connectivity index (χ0n) is 9.60. The molecule has 1 aromatic carbocycles. The van der Waals surface area contributed by atoms with Gasteiger partial charge in [-0.3, -0.25) is 9.69 Å². The van der Waals surface area contributed by atoms with Crippen LogP contribution in [0, 0.1) is 0 Å². The van der Waals surface area contributed by atoms with Crippen molar-refractivity contribution in [2.24, 2.45) is 0 Å². The molecule has 0 aromatic heterocycles. The minimum Gasteiger partial charge on any atom is -0.480 e. The SMILES string of the molecule is O=C(O)C1COCCN1Cc1ccc(Cl)cc1Br. The molecule has 1 atom stereocenters. The number of carboxylic acid groups (broad SMARTS) is 1. The van der Waals surface area contributed by atoms with E-state index in [4.69, 9.17) is 21.4 Å². The van der Waals surface area contributed by atoms with Gasteiger partial charge in [0.25, 0.3) is 0 Å². The highest BCUT2D eigenvalue weighted by atomic mass is 79.9. The molecule has 1 fully saturated rings. The van der Waals surface area contributed by atoms with E-state index in [9.17, 15) is 4.79 Å². The van der Waals surface area contributed by atoms with Gasteiger partial charge in [0, 0.05) is 22.6 Å². The number of ether oxygens (including phenoxy) is 1. The van der Waals surface area contributed by atoms with Gasteiger partial charge in [0.2, 0.25) is 0 Å². The number of carboxylic acids is 1. The Morgan fingerprint density at radius 2 is 2.39 bits per heavy atom. The Kier molecular flexibility index (Phi) is 4.61. The Morgan fingerprint density at radius 1 is 1.61 bits per heavy atom. The van der Waals surface area contributed by atoms with Gasteiger partial charge in [-0.15, -0.1) is 0 Å². The van der Waals surface area contributed by atoms with E-state index in [-0.39, 0.29) is 6.61 Å². The molecule has 98 valence electrons. The molecule has 1 heterocycles. The molecule has 2 rings (SSSR count). The van der Waals surface area contributed by atoms with E-state index in [0.29, 0.717) is 24.7 Å². The summed E-state index contributed by atoms with van der Waals surface area (Å²) in [7, 11) is 0. The first-order valence-corrected chi connectivity index (χ1v) is 6.73. The van der Waals surface area contributed by atoms with Crippen molar-refractivity contribution in [1.82, 2.24) is 4.90 Å². The highest BCUT2D eigenvalue weighted by Crippen LogP contribution is 2.24. The topological polar surface area (TPSA) is 49.8 Å². The predicted octanol–water partition coefficient (Wildman–Crippen LogP) is 2.39. The fourth-order valence-electron chi connectivity index (χ4n) is 1.92. The average Bonchev–Trinajstić information content (AvgIpc) is 2.33. The Morgan fingerprint density at radius 3 is 3.06 bits per heavy atom. The van der Waals surface area contributed by atoms with Gasteiger partial charge in [-0.2, -0.15) is 0 Å². The molecule has 0 bridgehead atoms. The number of aliphatic carboxylic acids is 1. The molecule has 1 aliphatic rings. The predicted molar refractivity (Wildman–Crippen MR) is 71.8 cm³/mol. The smallest absolute Gasteiger partial charge is 0.323 e. The summed E-state index contributed by atoms with van der Waals surface area (Å²) in [6.07, 6.45) is 0. The van der Waals surface area contributed by atoms with E-state index in [0.717, 1.165) is 10.0 Å². The average molecular weight is 335 g/mol. The molecule has 4 nitrogen and oxygen atoms in total. The van der Waals surface area contributed by atoms with Crippen molar-refractivity contribution < 1.29 is 14.6 Å². The fourth-order valence-corrected chi connectivity index (χ4v) is 2.73. The summed E-state index contributed by atoms with van der Waals surface area (Å²) in [5, 5.41) is 9.80. The molecular weight excluding hydrogens is 321 g/mol. The number of carbonyl (C=O) groups is 1. The molecule has 6 heteroatoms. The first-order chi connectivity index (χ1) is 8.58. The standard InChI is InChI=1S/C12H13BrClNO3/c13-10-5-9(14)2-1-8(10)6-15-3-4-18-7-11(15)12(16)17/h1-2,5,11H,3-4,6-7H2,(H,16,17). The second-order valence-corrected chi connectivity index (χ2v) is 5.43. The van der Waals surface area contributed by atoms with Gasteiger partial charge in [0.05, 0.1) is 13.2 Å². The van der Waals surface area contributed by atoms with E-state index in [1.165, 1.54) is 0 Å². The fraction of sp³-hybridized carbons (Fsp3) is 0.417. The normalized spacial score (nSPS) is 20.9. The van der Waals surface area contributed by atoms with Gasteiger partial charge >= 0.3 is 5.97 Å². The van der Waals surface area contributed by atoms with Crippen molar-refractivity contribution in [3.63, 3.8) is 0 Å². The molecule has 1 unspecified atom stereocenters. The molecule has 18 heavy (non-hydrogen) atoms. The van der Waals surface area contributed by atoms with Crippen LogP contribution in [0.25, 0.3) is 0 Å². The number of rotatable bonds is 3. The summed E-state index contributed by atoms with van der Waals surface area (Å²) in [6, 6.07) is 4.94. The number of nitrogens with zero attached hydrogens (tertiary/aromatic N) is 1. The van der Waals surface area contributed by atoms with Gasteiger partial charge in [-0.05, 0) is 17.7 Å². The van der Waals surface area contributed by atoms with Gasteiger partial charge in [0.15, 0.2) is 0 Å². The third kappa shape index (κ3) is 3.23. The summed E-state index contributed by atoms with van der Waals surface area (Å²) in [5.74, 6) is -0.847. The van der Waals surface area contributed by atoms with Crippen LogP contribution in [-0.2, 0) is 16.1 Å². The van der Waals surface area contributed by atoms with Crippen LogP contribution in [0.4, 0.5) is 0 Å². The lowest BCUT2D eigenvalue weighted by molar-refractivity contribution is -0.150. The zero-order valence-corrected chi connectivity index (χ0v) is 11.9. The number of hydrogen-bond acceptors (Lipinski definition) is 3. The van der Waals surface area contributed by atoms with Crippen LogP contribution in [0.15, 0.2) is 22.7 Å². The zero-order chi connectivity index (χ0) is 13.1. The monoisotopic (exact) mass is 333 g/mol. The first kappa shape index (κ1) is 13.8. The quantitative estimate of drug-likeness (QED) is 0.922. The first-order valence-electron chi connectivity index (χ1n) is 5.56. The van der Waals surface area contributed by atoms with Crippen LogP contribution in [0.5, 0.6) is 0 Å². The maximum absolute atomic E-state index is 11.1. The van der Waals surface area contributed by atoms with E-state index >= 15 is 0 Å². The van der Waals surface area contributed by atoms with Crippen LogP contribution in [0.2, 0.25) is 5.02 Å². The summed E-state index contributed by atoms with van der Waals surface area (Å²) < 4.78 is 6.10. The van der Waals surface area contributed by atoms with Crippen LogP contribution in [-0.4, -0.2) is 41.8 Å². The molecule has 0 amide bonds. The summed E-state index contributed by atoms with van der Waals surface area (Å²) in [4.78, 5) is 13.0. The second-order valence-electron chi connectivity index (χ2n) is 4.14. The lowest BCUT2D eigenvalue weighted by Gasteiger charge is -2.33. The Hall–Kier alpha value is -0.620. The summed E-state index contributed by atoms with van der Waals surface area (Å²) in [6.45, 7) is 1.99. The second kappa shape index (κ2) is 6.02. The molecule has 1 N–H and O–H groups in total. The van der Waals surface area contributed by atoms with E-state index in [2.05, 4.69) is 15.9 Å². The largest absolute Gasteiger partial charge is 0.480 e. The third-order valence-corrected chi connectivity index (χ3v) is 3.89. The molecular formula is C12H13BrClNO3. The summed E-state index contributed by atoms with van der Waals surface area (Å²) >= 11 is 9.32. The van der Waals surface area contributed by atoms with E-state index in [1.807, 2.05) is 17.0 Å². The third-order valence-electron chi connectivity index (χ3n) is 2.91. The Balaban J connectivity index is 2.13. The van der Waals surface area contributed by atoms with Gasteiger partial charge < -0.3 is 9.84 Å². The maximum Gasteiger partial charge on any atom is 0.323 e. The lowest BCUT2D eigenvalue weighted by atomic mass is 10.1. The molecule has 1 aliphatic heterocycles. The van der Waals surface area contributed by atoms with Crippen molar-refractivity contribution >= 4 is 33.5 Å². The molecule has 0 spiro atoms. The van der Waals surface area contributed by atoms with E-state index < -0.39 is 12.0 Å². The van der Waals surface area contributed by atoms with Crippen LogP contribution in [0.1, 0.15) is 5.56 Å². The van der Waals surface area contributed by atoms with Gasteiger partial charge in [-0.25, -0.2) is 0 Å². The minimum atomic E-state index is -0.847. The highest BCUT2D eigenvalue weighted by Gasteiger charge is 2.29. The Bertz CT molecular complexity index is 455. The van der Waals surface area contributed by atoms with Crippen LogP contribution in [0.3, 0.4) is 0 Å². The van der Waals surface area contributed by atoms with E-state index in [1.54, 1.807) is 6.07 Å². The van der Waals surface area contributed by atoms with Gasteiger partial charge in [0.1, 0.15) is 6.04 Å². The van der Waals surface area contributed by atoms with Crippen molar-refractivity contribution in [2.75, 3.05) is 19.8 Å². The number of benzene rings is 1. The van der Waals surface area contributed by atoms with Crippen molar-refractivity contribution in [3.05, 3.63) is 33.3 Å². The van der Waals surface area contributed by atoms with Crippen molar-refractivity contribution in [2.45, 2.75) is 12.6 Å². The maximum atomic E-state index is 11.1. The number of morpholine rings is 1. The van der Waals surface area contributed by atoms with Crippen LogP contribution < -0.4 is 0 Å². The minimum absolute atomic E-state index is 0.237. The van der Waals surface area contributed by atoms with Crippen LogP contribution >= 0.6 is 27.5 Å². The van der Waals surface area contributed by atoms with Gasteiger partial charge in [-0.1, -0.05) is 33.6 Å². The molecule has 0 radical (unpaired) electrons. The molecule has 0 saturated carbocycles. The van der Waals surface area contributed by atoms with Crippen molar-refractivity contribution in [3.8, 4) is 0 Å². The highest BCUT2D eigenvalue weighted by molar-refractivity contribution is 9.10. The lowest BCUT2D eigenvalue weighted by Crippen LogP contribution is -2.49. The molecule has 1 aromatic rings. The number of halogens is 2. The van der Waals surface area contributed by atoms with Crippen molar-refractivity contribution in [1.29, 1.82) is 0 Å². The Labute approximate surface area is 119 Å².